The second-order valence-corrected chi connectivity index (χ2v) is 12.0. The molecule has 0 N–H and O–H groups in total. The van der Waals surface area contributed by atoms with Crippen LogP contribution < -0.4 is 0 Å². The fourth-order valence-corrected chi connectivity index (χ4v) is 8.12. The van der Waals surface area contributed by atoms with Gasteiger partial charge in [0.2, 0.25) is 0 Å². The SMILES string of the molecule is C1=CC(C(c2ccccc2)c2ccccc2)=[C]([Ti][C]2=C(C(c3ccccc3)c3ccccc3)C=CC2)C1.[H-].[H-]. The van der Waals surface area contributed by atoms with Gasteiger partial charge in [-0.3, -0.25) is 0 Å². The zero-order valence-corrected chi connectivity index (χ0v) is 22.5. The van der Waals surface area contributed by atoms with Gasteiger partial charge in [0.05, 0.1) is 0 Å². The molecule has 0 nitrogen and oxygen atoms in total. The van der Waals surface area contributed by atoms with E-state index in [0.717, 1.165) is 12.8 Å². The maximum absolute atomic E-state index is 2.41. The van der Waals surface area contributed by atoms with E-state index in [-0.39, 0.29) is 14.7 Å². The van der Waals surface area contributed by atoms with E-state index in [4.69, 9.17) is 0 Å². The van der Waals surface area contributed by atoms with Crippen molar-refractivity contribution in [2.24, 2.45) is 0 Å². The van der Waals surface area contributed by atoms with Crippen LogP contribution in [0.2, 0.25) is 0 Å². The molecule has 0 saturated carbocycles. The van der Waals surface area contributed by atoms with Gasteiger partial charge in [-0.1, -0.05) is 0 Å². The van der Waals surface area contributed by atoms with Gasteiger partial charge in [0, 0.05) is 0 Å². The average molecular weight is 513 g/mol. The molecule has 6 rings (SSSR count). The van der Waals surface area contributed by atoms with Crippen molar-refractivity contribution in [3.05, 3.63) is 187 Å². The van der Waals surface area contributed by atoms with Crippen molar-refractivity contribution in [3.8, 4) is 0 Å². The van der Waals surface area contributed by atoms with E-state index in [1.165, 1.54) is 33.4 Å². The summed E-state index contributed by atoms with van der Waals surface area (Å²) in [5.74, 6) is 0.578. The van der Waals surface area contributed by atoms with Gasteiger partial charge in [0.25, 0.3) is 0 Å². The first-order valence-electron chi connectivity index (χ1n) is 13.1. The van der Waals surface area contributed by atoms with Gasteiger partial charge in [-0.2, -0.15) is 0 Å². The standard InChI is InChI=1S/2C18H15.Ti.2H/c2*1-3-9-15(10-4-1)18(17-13-7-8-14-17)16-11-5-2-6-12-16;;;/h2*1-7,9-13,18H,8H2;;;/q;;;2*-1. The van der Waals surface area contributed by atoms with Gasteiger partial charge >= 0.3 is 231 Å². The second kappa shape index (κ2) is 11.3. The van der Waals surface area contributed by atoms with Crippen LogP contribution in [0.4, 0.5) is 0 Å². The Bertz CT molecular complexity index is 1280. The van der Waals surface area contributed by atoms with Crippen LogP contribution in [-0.2, 0) is 19.2 Å². The Morgan fingerprint density at radius 1 is 0.432 bits per heavy atom. The number of benzene rings is 4. The molecule has 0 aromatic heterocycles. The molecular weight excluding hydrogens is 480 g/mol. The molecule has 0 spiro atoms. The molecule has 0 unspecified atom stereocenters. The van der Waals surface area contributed by atoms with Crippen LogP contribution in [0, 0.1) is 0 Å². The Morgan fingerprint density at radius 3 is 1.03 bits per heavy atom. The van der Waals surface area contributed by atoms with Crippen molar-refractivity contribution in [3.63, 3.8) is 0 Å². The molecule has 0 aliphatic heterocycles. The van der Waals surface area contributed by atoms with E-state index in [1.807, 2.05) is 0 Å². The molecule has 0 fully saturated rings. The minimum atomic E-state index is -0.439. The molecule has 0 radical (unpaired) electrons. The van der Waals surface area contributed by atoms with Crippen molar-refractivity contribution in [2.75, 3.05) is 0 Å². The van der Waals surface area contributed by atoms with E-state index in [2.05, 4.69) is 146 Å². The molecule has 4 aromatic rings. The summed E-state index contributed by atoms with van der Waals surface area (Å²) in [6.07, 6.45) is 11.8. The van der Waals surface area contributed by atoms with Gasteiger partial charge in [0.1, 0.15) is 0 Å². The first kappa shape index (κ1) is 23.9. The number of hydrogen-bond donors (Lipinski definition) is 0. The molecule has 37 heavy (non-hydrogen) atoms. The molecular formula is C36H32Ti-2. The summed E-state index contributed by atoms with van der Waals surface area (Å²) in [6.45, 7) is 0. The van der Waals surface area contributed by atoms with Crippen LogP contribution in [-0.4, -0.2) is 0 Å². The Balaban J connectivity index is 0.00000176. The summed E-state index contributed by atoms with van der Waals surface area (Å²) in [4.78, 5) is 0. The Hall–Kier alpha value is -3.45. The quantitative estimate of drug-likeness (QED) is 0.206. The summed E-state index contributed by atoms with van der Waals surface area (Å²) in [7, 11) is 0. The summed E-state index contributed by atoms with van der Waals surface area (Å²) in [5, 5.41) is 0. The summed E-state index contributed by atoms with van der Waals surface area (Å²) >= 11 is -0.439. The van der Waals surface area contributed by atoms with Gasteiger partial charge in [-0.05, 0) is 0 Å². The first-order valence-corrected chi connectivity index (χ1v) is 14.7. The maximum atomic E-state index is 2.41. The van der Waals surface area contributed by atoms with Gasteiger partial charge in [0.15, 0.2) is 0 Å². The summed E-state index contributed by atoms with van der Waals surface area (Å²) < 4.78 is 3.35. The van der Waals surface area contributed by atoms with Crippen molar-refractivity contribution < 1.29 is 22.0 Å². The monoisotopic (exact) mass is 512 g/mol. The van der Waals surface area contributed by atoms with Crippen LogP contribution in [0.1, 0.15) is 49.8 Å². The van der Waals surface area contributed by atoms with Crippen LogP contribution in [0.25, 0.3) is 0 Å². The minimum Gasteiger partial charge on any atom is -1.00 e. The Kier molecular flexibility index (Phi) is 7.31. The fraction of sp³-hybridized carbons (Fsp3) is 0.111. The average Bonchev–Trinajstić information content (AvgIpc) is 3.62. The van der Waals surface area contributed by atoms with E-state index in [9.17, 15) is 0 Å². The number of hydrogen-bond acceptors (Lipinski definition) is 0. The third-order valence-electron chi connectivity index (χ3n) is 7.39. The molecule has 2 aliphatic rings. The third-order valence-corrected chi connectivity index (χ3v) is 9.87. The van der Waals surface area contributed by atoms with E-state index >= 15 is 0 Å². The van der Waals surface area contributed by atoms with E-state index in [1.54, 1.807) is 7.76 Å². The molecule has 2 aliphatic carbocycles. The normalized spacial score (nSPS) is 14.9. The number of allylic oxidation sites excluding steroid dienone is 8. The molecule has 182 valence electrons. The zero-order chi connectivity index (χ0) is 24.9. The predicted molar refractivity (Wildman–Crippen MR) is 153 cm³/mol. The molecule has 0 saturated heterocycles. The molecule has 4 aromatic carbocycles. The minimum absolute atomic E-state index is 0. The summed E-state index contributed by atoms with van der Waals surface area (Å²) in [5.41, 5.74) is 8.56. The van der Waals surface area contributed by atoms with Crippen LogP contribution >= 0.6 is 0 Å². The van der Waals surface area contributed by atoms with Crippen molar-refractivity contribution in [1.82, 2.24) is 0 Å². The molecule has 0 amide bonds. The molecule has 0 heterocycles. The zero-order valence-electron chi connectivity index (χ0n) is 22.9. The predicted octanol–water partition coefficient (Wildman–Crippen LogP) is 9.39. The summed E-state index contributed by atoms with van der Waals surface area (Å²) in [6, 6.07) is 44.2. The largest absolute Gasteiger partial charge is 1.00 e. The second-order valence-electron chi connectivity index (χ2n) is 9.71. The van der Waals surface area contributed by atoms with Crippen LogP contribution in [0.3, 0.4) is 0 Å². The van der Waals surface area contributed by atoms with Crippen molar-refractivity contribution in [1.29, 1.82) is 0 Å². The first-order chi connectivity index (χ1) is 18.4. The Morgan fingerprint density at radius 2 is 0.730 bits per heavy atom. The third kappa shape index (κ3) is 5.19. The molecule has 1 heteroatoms. The van der Waals surface area contributed by atoms with Crippen LogP contribution in [0.5, 0.6) is 0 Å². The maximum Gasteiger partial charge on any atom is -1.00 e. The fourth-order valence-electron chi connectivity index (χ4n) is 5.70. The number of rotatable bonds is 8. The van der Waals surface area contributed by atoms with Crippen molar-refractivity contribution in [2.45, 2.75) is 24.7 Å². The van der Waals surface area contributed by atoms with Crippen LogP contribution in [0.15, 0.2) is 165 Å². The van der Waals surface area contributed by atoms with Crippen molar-refractivity contribution >= 4 is 0 Å². The molecule has 0 atom stereocenters. The van der Waals surface area contributed by atoms with Gasteiger partial charge < -0.3 is 2.85 Å². The van der Waals surface area contributed by atoms with Gasteiger partial charge in [-0.15, -0.1) is 0 Å². The van der Waals surface area contributed by atoms with Gasteiger partial charge in [-0.25, -0.2) is 0 Å². The van der Waals surface area contributed by atoms with E-state index in [0.29, 0.717) is 0 Å². The topological polar surface area (TPSA) is 0 Å². The Labute approximate surface area is 232 Å². The van der Waals surface area contributed by atoms with E-state index < -0.39 is 19.2 Å². The smallest absolute Gasteiger partial charge is 1.00 e. The molecule has 0 bridgehead atoms.